The minimum atomic E-state index is 0.0834. The minimum Gasteiger partial charge on any atom is -0.331 e. The summed E-state index contributed by atoms with van der Waals surface area (Å²) in [6.45, 7) is 7.69. The van der Waals surface area contributed by atoms with Crippen LogP contribution in [0.5, 0.6) is 0 Å². The molecule has 0 spiro atoms. The summed E-state index contributed by atoms with van der Waals surface area (Å²) in [6, 6.07) is 6.67. The highest BCUT2D eigenvalue weighted by Crippen LogP contribution is 2.26. The molecule has 0 aliphatic rings. The van der Waals surface area contributed by atoms with Crippen LogP contribution in [0.2, 0.25) is 0 Å². The van der Waals surface area contributed by atoms with Gasteiger partial charge in [0.15, 0.2) is 0 Å². The van der Waals surface area contributed by atoms with Crippen LogP contribution in [0, 0.1) is 0 Å². The summed E-state index contributed by atoms with van der Waals surface area (Å²) in [7, 11) is 4.11. The predicted molar refractivity (Wildman–Crippen MR) is 81.7 cm³/mol. The lowest BCUT2D eigenvalue weighted by Crippen LogP contribution is -2.17. The van der Waals surface area contributed by atoms with E-state index in [2.05, 4.69) is 55.9 Å². The van der Waals surface area contributed by atoms with Crippen molar-refractivity contribution in [1.29, 1.82) is 0 Å². The van der Waals surface area contributed by atoms with Crippen molar-refractivity contribution >= 4 is 11.0 Å². The van der Waals surface area contributed by atoms with Crippen LogP contribution in [0.25, 0.3) is 11.0 Å². The maximum absolute atomic E-state index is 4.82. The number of aromatic nitrogens is 2. The molecule has 19 heavy (non-hydrogen) atoms. The molecule has 104 valence electrons. The number of nitrogens with one attached hydrogen (secondary N) is 1. The molecule has 0 saturated carbocycles. The van der Waals surface area contributed by atoms with E-state index in [1.165, 1.54) is 17.5 Å². The van der Waals surface area contributed by atoms with Gasteiger partial charge < -0.3 is 9.88 Å². The Hall–Kier alpha value is -1.35. The minimum absolute atomic E-state index is 0.0834. The fourth-order valence-electron chi connectivity index (χ4n) is 2.54. The van der Waals surface area contributed by atoms with Crippen LogP contribution >= 0.6 is 0 Å². The van der Waals surface area contributed by atoms with Crippen LogP contribution < -0.4 is 5.32 Å². The van der Waals surface area contributed by atoms with Gasteiger partial charge in [-0.2, -0.15) is 0 Å². The molecule has 3 nitrogen and oxygen atoms in total. The lowest BCUT2D eigenvalue weighted by atomic mass is 9.96. The van der Waals surface area contributed by atoms with E-state index in [0.717, 1.165) is 24.3 Å². The molecule has 2 rings (SSSR count). The Kier molecular flexibility index (Phi) is 3.95. The van der Waals surface area contributed by atoms with Crippen LogP contribution in [-0.4, -0.2) is 23.1 Å². The van der Waals surface area contributed by atoms with Crippen molar-refractivity contribution in [2.75, 3.05) is 13.6 Å². The fraction of sp³-hybridized carbons (Fsp3) is 0.562. The van der Waals surface area contributed by atoms with E-state index in [1.807, 2.05) is 7.05 Å². The van der Waals surface area contributed by atoms with Crippen molar-refractivity contribution in [2.45, 2.75) is 39.0 Å². The van der Waals surface area contributed by atoms with Gasteiger partial charge in [0, 0.05) is 12.5 Å². The van der Waals surface area contributed by atoms with Gasteiger partial charge in [0.2, 0.25) is 0 Å². The molecule has 0 amide bonds. The number of aryl methyl sites for hydroxylation is 2. The first-order valence-electron chi connectivity index (χ1n) is 7.04. The van der Waals surface area contributed by atoms with Crippen LogP contribution in [0.3, 0.4) is 0 Å². The van der Waals surface area contributed by atoms with Gasteiger partial charge in [0.05, 0.1) is 11.0 Å². The molecule has 3 heteroatoms. The number of rotatable bonds is 4. The maximum atomic E-state index is 4.82. The summed E-state index contributed by atoms with van der Waals surface area (Å²) in [5.74, 6) is 1.15. The van der Waals surface area contributed by atoms with E-state index in [0.29, 0.717) is 0 Å². The van der Waals surface area contributed by atoms with Crippen molar-refractivity contribution in [3.05, 3.63) is 29.6 Å². The quantitative estimate of drug-likeness (QED) is 0.855. The van der Waals surface area contributed by atoms with Crippen molar-refractivity contribution in [3.63, 3.8) is 0 Å². The second-order valence-electron chi connectivity index (χ2n) is 6.27. The average molecular weight is 259 g/mol. The predicted octanol–water partition coefficient (Wildman–Crippen LogP) is 3.02. The molecule has 1 heterocycles. The second-order valence-corrected chi connectivity index (χ2v) is 6.27. The van der Waals surface area contributed by atoms with Gasteiger partial charge in [-0.25, -0.2) is 4.98 Å². The lowest BCUT2D eigenvalue weighted by Gasteiger charge is -2.17. The first-order chi connectivity index (χ1) is 8.93. The highest BCUT2D eigenvalue weighted by Gasteiger charge is 2.21. The summed E-state index contributed by atoms with van der Waals surface area (Å²) in [6.07, 6.45) is 2.28. The Morgan fingerprint density at radius 1 is 1.26 bits per heavy atom. The molecule has 0 atom stereocenters. The van der Waals surface area contributed by atoms with Crippen LogP contribution in [-0.2, 0) is 18.9 Å². The second kappa shape index (κ2) is 5.33. The van der Waals surface area contributed by atoms with E-state index < -0.39 is 0 Å². The van der Waals surface area contributed by atoms with E-state index in [1.54, 1.807) is 0 Å². The molecule has 2 aromatic rings. The third-order valence-corrected chi connectivity index (χ3v) is 3.51. The molecule has 0 aliphatic heterocycles. The monoisotopic (exact) mass is 259 g/mol. The van der Waals surface area contributed by atoms with E-state index >= 15 is 0 Å². The summed E-state index contributed by atoms with van der Waals surface area (Å²) in [5, 5.41) is 3.19. The molecule has 1 aromatic carbocycles. The maximum Gasteiger partial charge on any atom is 0.115 e. The van der Waals surface area contributed by atoms with Crippen LogP contribution in [0.15, 0.2) is 18.2 Å². The first-order valence-corrected chi connectivity index (χ1v) is 7.04. The van der Waals surface area contributed by atoms with Gasteiger partial charge in [-0.05, 0) is 44.1 Å². The zero-order valence-corrected chi connectivity index (χ0v) is 12.7. The van der Waals surface area contributed by atoms with Crippen molar-refractivity contribution < 1.29 is 0 Å². The van der Waals surface area contributed by atoms with Gasteiger partial charge in [0.25, 0.3) is 0 Å². The summed E-state index contributed by atoms with van der Waals surface area (Å²) >= 11 is 0. The lowest BCUT2D eigenvalue weighted by molar-refractivity contribution is 0.526. The van der Waals surface area contributed by atoms with Crippen molar-refractivity contribution in [2.24, 2.45) is 7.05 Å². The zero-order chi connectivity index (χ0) is 14.0. The number of hydrogen-bond acceptors (Lipinski definition) is 2. The molecule has 0 bridgehead atoms. The molecule has 0 unspecified atom stereocenters. The Bertz CT molecular complexity index is 561. The SMILES string of the molecule is CNCCCc1ccc2c(c1)nc(C(C)(C)C)n2C. The highest BCUT2D eigenvalue weighted by atomic mass is 15.1. The smallest absolute Gasteiger partial charge is 0.115 e. The largest absolute Gasteiger partial charge is 0.331 e. The van der Waals surface area contributed by atoms with Crippen LogP contribution in [0.1, 0.15) is 38.6 Å². The van der Waals surface area contributed by atoms with E-state index in [-0.39, 0.29) is 5.41 Å². The van der Waals surface area contributed by atoms with Crippen molar-refractivity contribution in [3.8, 4) is 0 Å². The third-order valence-electron chi connectivity index (χ3n) is 3.51. The topological polar surface area (TPSA) is 29.9 Å². The molecular weight excluding hydrogens is 234 g/mol. The molecule has 0 fully saturated rings. The van der Waals surface area contributed by atoms with Crippen LogP contribution in [0.4, 0.5) is 0 Å². The molecule has 0 radical (unpaired) electrons. The molecular formula is C16H25N3. The van der Waals surface area contributed by atoms with Gasteiger partial charge in [-0.15, -0.1) is 0 Å². The zero-order valence-electron chi connectivity index (χ0n) is 12.7. The Morgan fingerprint density at radius 2 is 2.00 bits per heavy atom. The molecule has 0 aliphatic carbocycles. The number of fused-ring (bicyclic) bond motifs is 1. The Balaban J connectivity index is 2.33. The van der Waals surface area contributed by atoms with E-state index in [9.17, 15) is 0 Å². The van der Waals surface area contributed by atoms with Gasteiger partial charge in [-0.3, -0.25) is 0 Å². The number of benzene rings is 1. The Labute approximate surface area is 116 Å². The summed E-state index contributed by atoms with van der Waals surface area (Å²) in [4.78, 5) is 4.82. The summed E-state index contributed by atoms with van der Waals surface area (Å²) in [5.41, 5.74) is 3.80. The average Bonchev–Trinajstić information content (AvgIpc) is 2.67. The molecule has 1 N–H and O–H groups in total. The normalized spacial score (nSPS) is 12.3. The number of nitrogens with zero attached hydrogens (tertiary/aromatic N) is 2. The highest BCUT2D eigenvalue weighted by molar-refractivity contribution is 5.77. The fourth-order valence-corrected chi connectivity index (χ4v) is 2.54. The van der Waals surface area contributed by atoms with Crippen molar-refractivity contribution in [1.82, 2.24) is 14.9 Å². The Morgan fingerprint density at radius 3 is 2.63 bits per heavy atom. The third kappa shape index (κ3) is 2.98. The summed E-state index contributed by atoms with van der Waals surface area (Å²) < 4.78 is 2.21. The standard InChI is InChI=1S/C16H25N3/c1-16(2,3)15-18-13-11-12(7-6-10-17-4)8-9-14(13)19(15)5/h8-9,11,17H,6-7,10H2,1-5H3. The van der Waals surface area contributed by atoms with E-state index in [4.69, 9.17) is 4.98 Å². The molecule has 1 aromatic heterocycles. The number of imidazole rings is 1. The molecule has 0 saturated heterocycles. The van der Waals surface area contributed by atoms with Gasteiger partial charge in [-0.1, -0.05) is 26.8 Å². The van der Waals surface area contributed by atoms with Gasteiger partial charge >= 0.3 is 0 Å². The first kappa shape index (κ1) is 14.1. The number of hydrogen-bond donors (Lipinski definition) is 1. The van der Waals surface area contributed by atoms with Gasteiger partial charge in [0.1, 0.15) is 5.82 Å².